The summed E-state index contributed by atoms with van der Waals surface area (Å²) in [5.74, 6) is -2.00. The number of hydrogen-bond donors (Lipinski definition) is 2. The summed E-state index contributed by atoms with van der Waals surface area (Å²) in [6.45, 7) is 3.73. The number of rotatable bonds is 7. The average Bonchev–Trinajstić information content (AvgIpc) is 3.32. The molecule has 184 valence electrons. The van der Waals surface area contributed by atoms with E-state index < -0.39 is 23.8 Å². The molecule has 1 saturated heterocycles. The second-order valence-electron chi connectivity index (χ2n) is 8.00. The monoisotopic (exact) mass is 490 g/mol. The minimum Gasteiger partial charge on any atom is -0.493 e. The van der Waals surface area contributed by atoms with E-state index >= 15 is 0 Å². The van der Waals surface area contributed by atoms with Crippen molar-refractivity contribution in [1.29, 1.82) is 0 Å². The van der Waals surface area contributed by atoms with Crippen molar-refractivity contribution in [3.8, 4) is 11.5 Å². The number of nitrogens with one attached hydrogen (secondary N) is 1. The Labute approximate surface area is 205 Å². The Kier molecular flexibility index (Phi) is 6.60. The molecule has 2 heterocycles. The van der Waals surface area contributed by atoms with Crippen molar-refractivity contribution in [2.24, 2.45) is 0 Å². The first-order chi connectivity index (χ1) is 17.2. The second kappa shape index (κ2) is 9.79. The van der Waals surface area contributed by atoms with Gasteiger partial charge in [0.1, 0.15) is 17.9 Å². The average molecular weight is 490 g/mol. The number of nitrogens with zero attached hydrogens (tertiary/aromatic N) is 1. The van der Waals surface area contributed by atoms with Crippen LogP contribution >= 0.6 is 0 Å². The number of barbiturate groups is 1. The number of carbonyl (C=O) groups is 4. The first-order valence-corrected chi connectivity index (χ1v) is 10.8. The van der Waals surface area contributed by atoms with Crippen LogP contribution in [0.4, 0.5) is 10.5 Å². The van der Waals surface area contributed by atoms with Crippen LogP contribution in [0.2, 0.25) is 0 Å². The van der Waals surface area contributed by atoms with Gasteiger partial charge in [0, 0.05) is 0 Å². The lowest BCUT2D eigenvalue weighted by atomic mass is 10.0. The number of hydrogen-bond acceptors (Lipinski definition) is 7. The number of benzene rings is 2. The lowest BCUT2D eigenvalue weighted by Gasteiger charge is -2.26. The van der Waals surface area contributed by atoms with Crippen LogP contribution in [-0.4, -0.2) is 36.0 Å². The molecule has 1 aliphatic rings. The van der Waals surface area contributed by atoms with Crippen LogP contribution in [0.3, 0.4) is 0 Å². The van der Waals surface area contributed by atoms with Crippen molar-refractivity contribution >= 4 is 35.6 Å². The third kappa shape index (κ3) is 4.83. The van der Waals surface area contributed by atoms with Crippen LogP contribution in [0.25, 0.3) is 6.08 Å². The summed E-state index contributed by atoms with van der Waals surface area (Å²) in [5, 5.41) is 11.2. The van der Waals surface area contributed by atoms with Crippen LogP contribution in [0, 0.1) is 13.8 Å². The van der Waals surface area contributed by atoms with Gasteiger partial charge in [-0.05, 0) is 73.0 Å². The fourth-order valence-corrected chi connectivity index (χ4v) is 3.54. The maximum Gasteiger partial charge on any atom is 0.371 e. The zero-order valence-electron chi connectivity index (χ0n) is 19.7. The van der Waals surface area contributed by atoms with E-state index in [1.807, 2.05) is 13.8 Å². The summed E-state index contributed by atoms with van der Waals surface area (Å²) < 4.78 is 16.2. The van der Waals surface area contributed by atoms with Gasteiger partial charge in [0.25, 0.3) is 11.8 Å². The number of carboxylic acid groups (broad SMARTS) is 1. The molecule has 4 amide bonds. The van der Waals surface area contributed by atoms with E-state index in [0.29, 0.717) is 28.5 Å². The van der Waals surface area contributed by atoms with Crippen molar-refractivity contribution in [2.75, 3.05) is 12.0 Å². The third-order valence-electron chi connectivity index (χ3n) is 5.59. The van der Waals surface area contributed by atoms with Crippen molar-refractivity contribution in [3.05, 3.63) is 82.3 Å². The largest absolute Gasteiger partial charge is 0.493 e. The molecule has 1 aromatic heterocycles. The Morgan fingerprint density at radius 1 is 1.03 bits per heavy atom. The number of ether oxygens (including phenoxy) is 2. The summed E-state index contributed by atoms with van der Waals surface area (Å²) in [6.07, 6.45) is 1.36. The van der Waals surface area contributed by atoms with Gasteiger partial charge in [-0.3, -0.25) is 14.9 Å². The minimum atomic E-state index is -1.18. The predicted octanol–water partition coefficient (Wildman–Crippen LogP) is 3.85. The summed E-state index contributed by atoms with van der Waals surface area (Å²) in [4.78, 5) is 50.0. The smallest absolute Gasteiger partial charge is 0.371 e. The molecular formula is C26H22N2O8. The summed E-state index contributed by atoms with van der Waals surface area (Å²) >= 11 is 0. The Morgan fingerprint density at radius 3 is 2.47 bits per heavy atom. The maximum absolute atomic E-state index is 13.1. The molecule has 3 aromatic rings. The number of methoxy groups -OCH3 is 1. The lowest BCUT2D eigenvalue weighted by Crippen LogP contribution is -2.54. The van der Waals surface area contributed by atoms with Gasteiger partial charge in [0.05, 0.1) is 12.8 Å². The minimum absolute atomic E-state index is 0.0436. The lowest BCUT2D eigenvalue weighted by molar-refractivity contribution is -0.122. The predicted molar refractivity (Wildman–Crippen MR) is 128 cm³/mol. The van der Waals surface area contributed by atoms with Gasteiger partial charge in [-0.15, -0.1) is 0 Å². The number of carbonyl (C=O) groups excluding carboxylic acids is 3. The summed E-state index contributed by atoms with van der Waals surface area (Å²) in [5.41, 5.74) is 2.48. The van der Waals surface area contributed by atoms with Crippen LogP contribution in [0.1, 0.15) is 33.0 Å². The van der Waals surface area contributed by atoms with Crippen molar-refractivity contribution < 1.29 is 38.2 Å². The van der Waals surface area contributed by atoms with Gasteiger partial charge in [-0.2, -0.15) is 0 Å². The summed E-state index contributed by atoms with van der Waals surface area (Å²) in [7, 11) is 1.42. The highest BCUT2D eigenvalue weighted by Crippen LogP contribution is 2.31. The van der Waals surface area contributed by atoms with Crippen LogP contribution in [-0.2, 0) is 16.2 Å². The fourth-order valence-electron chi connectivity index (χ4n) is 3.54. The molecule has 0 radical (unpaired) electrons. The normalized spacial score (nSPS) is 14.7. The van der Waals surface area contributed by atoms with Gasteiger partial charge < -0.3 is 19.0 Å². The Balaban J connectivity index is 1.58. The number of furan rings is 1. The number of aryl methyl sites for hydroxylation is 2. The quantitative estimate of drug-likeness (QED) is 0.377. The zero-order valence-corrected chi connectivity index (χ0v) is 19.7. The Bertz CT molecular complexity index is 1420. The molecule has 0 spiro atoms. The highest BCUT2D eigenvalue weighted by molar-refractivity contribution is 6.39. The highest BCUT2D eigenvalue weighted by atomic mass is 16.5. The van der Waals surface area contributed by atoms with Gasteiger partial charge in [0.2, 0.25) is 5.76 Å². The molecule has 2 N–H and O–H groups in total. The molecule has 1 fully saturated rings. The van der Waals surface area contributed by atoms with Crippen molar-refractivity contribution in [1.82, 2.24) is 5.32 Å². The number of imide groups is 2. The van der Waals surface area contributed by atoms with E-state index in [1.54, 1.807) is 36.4 Å². The SMILES string of the molecule is COc1cc(C=C2C(=O)NC(=O)N(c3ccc(C)c(C)c3)C2=O)ccc1OCc1ccc(C(=O)O)o1. The fraction of sp³-hybridized carbons (Fsp3) is 0.154. The number of aromatic carboxylic acids is 1. The molecule has 0 bridgehead atoms. The third-order valence-corrected chi connectivity index (χ3v) is 5.59. The molecule has 2 aromatic carbocycles. The molecular weight excluding hydrogens is 468 g/mol. The number of carboxylic acids is 1. The first kappa shape index (κ1) is 24.3. The Morgan fingerprint density at radius 2 is 1.81 bits per heavy atom. The van der Waals surface area contributed by atoms with Crippen molar-refractivity contribution in [2.45, 2.75) is 20.5 Å². The number of amides is 4. The molecule has 4 rings (SSSR count). The topological polar surface area (TPSA) is 135 Å². The maximum atomic E-state index is 13.1. The Hall–Kier alpha value is -4.86. The van der Waals surface area contributed by atoms with E-state index in [9.17, 15) is 19.2 Å². The van der Waals surface area contributed by atoms with E-state index in [1.165, 1.54) is 25.3 Å². The van der Waals surface area contributed by atoms with Gasteiger partial charge in [-0.1, -0.05) is 12.1 Å². The summed E-state index contributed by atoms with van der Waals surface area (Å²) in [6, 6.07) is 11.9. The van der Waals surface area contributed by atoms with Gasteiger partial charge in [0.15, 0.2) is 11.5 Å². The zero-order chi connectivity index (χ0) is 26.0. The van der Waals surface area contributed by atoms with Crippen LogP contribution < -0.4 is 19.7 Å². The molecule has 1 aliphatic heterocycles. The molecule has 0 saturated carbocycles. The van der Waals surface area contributed by atoms with E-state index in [4.69, 9.17) is 19.0 Å². The molecule has 0 unspecified atom stereocenters. The van der Waals surface area contributed by atoms with Gasteiger partial charge in [-0.25, -0.2) is 14.5 Å². The van der Waals surface area contributed by atoms with Crippen molar-refractivity contribution in [3.63, 3.8) is 0 Å². The first-order valence-electron chi connectivity index (χ1n) is 10.8. The van der Waals surface area contributed by atoms with E-state index in [0.717, 1.165) is 16.0 Å². The highest BCUT2D eigenvalue weighted by Gasteiger charge is 2.37. The number of anilines is 1. The molecule has 0 aliphatic carbocycles. The molecule has 10 heteroatoms. The second-order valence-corrected chi connectivity index (χ2v) is 8.00. The van der Waals surface area contributed by atoms with E-state index in [2.05, 4.69) is 5.32 Å². The van der Waals surface area contributed by atoms with E-state index in [-0.39, 0.29) is 17.9 Å². The molecule has 36 heavy (non-hydrogen) atoms. The van der Waals surface area contributed by atoms with Crippen LogP contribution in [0.15, 0.2) is 58.5 Å². The van der Waals surface area contributed by atoms with Crippen LogP contribution in [0.5, 0.6) is 11.5 Å². The van der Waals surface area contributed by atoms with Gasteiger partial charge >= 0.3 is 12.0 Å². The standard InChI is InChI=1S/C26H22N2O8/c1-14-4-6-17(10-15(14)2)28-24(30)19(23(29)27-26(28)33)11-16-5-8-20(22(12-16)34-3)35-13-18-7-9-21(36-18)25(31)32/h4-12H,13H2,1-3H3,(H,31,32)(H,27,29,33). The molecule has 10 nitrogen and oxygen atoms in total. The molecule has 0 atom stereocenters. The number of urea groups is 1.